The van der Waals surface area contributed by atoms with Crippen molar-refractivity contribution < 1.29 is 9.53 Å². The number of aromatic nitrogens is 2. The van der Waals surface area contributed by atoms with Gasteiger partial charge in [0.05, 0.1) is 18.3 Å². The molecular weight excluding hydrogens is 300 g/mol. The highest BCUT2D eigenvalue weighted by atomic mass is 16.5. The molecule has 0 radical (unpaired) electrons. The highest BCUT2D eigenvalue weighted by Gasteiger charge is 2.24. The Labute approximate surface area is 141 Å². The molecule has 0 atom stereocenters. The summed E-state index contributed by atoms with van der Waals surface area (Å²) < 4.78 is 7.16. The number of carbonyl (C=O) groups excluding carboxylic acids is 1. The molecule has 0 amide bonds. The van der Waals surface area contributed by atoms with Crippen LogP contribution in [0.4, 0.5) is 0 Å². The second kappa shape index (κ2) is 5.93. The van der Waals surface area contributed by atoms with Crippen LogP contribution < -0.4 is 0 Å². The van der Waals surface area contributed by atoms with Crippen LogP contribution in [-0.2, 0) is 11.8 Å². The number of hydrogen-bond acceptors (Lipinski definition) is 3. The summed E-state index contributed by atoms with van der Waals surface area (Å²) in [5, 5.41) is 2.27. The van der Waals surface area contributed by atoms with Gasteiger partial charge < -0.3 is 9.30 Å². The molecule has 1 fully saturated rings. The van der Waals surface area contributed by atoms with Crippen molar-refractivity contribution in [3.05, 3.63) is 41.7 Å². The molecule has 0 unspecified atom stereocenters. The van der Waals surface area contributed by atoms with Crippen molar-refractivity contribution in [2.45, 2.75) is 38.0 Å². The fourth-order valence-corrected chi connectivity index (χ4v) is 4.10. The molecule has 3 aromatic rings. The van der Waals surface area contributed by atoms with Crippen molar-refractivity contribution in [3.63, 3.8) is 0 Å². The van der Waals surface area contributed by atoms with Crippen LogP contribution >= 0.6 is 0 Å². The van der Waals surface area contributed by atoms with E-state index in [9.17, 15) is 4.79 Å². The minimum absolute atomic E-state index is 0.359. The molecule has 4 nitrogen and oxygen atoms in total. The third-order valence-electron chi connectivity index (χ3n) is 5.30. The van der Waals surface area contributed by atoms with E-state index in [4.69, 9.17) is 9.72 Å². The largest absolute Gasteiger partial charge is 0.464 e. The molecule has 1 aliphatic carbocycles. The molecule has 124 valence electrons. The molecule has 0 spiro atoms. The van der Waals surface area contributed by atoms with Gasteiger partial charge in [0, 0.05) is 29.3 Å². The first-order valence-electron chi connectivity index (χ1n) is 8.67. The zero-order chi connectivity index (χ0) is 16.7. The molecule has 2 heterocycles. The zero-order valence-corrected chi connectivity index (χ0v) is 14.2. The number of para-hydroxylation sites is 1. The van der Waals surface area contributed by atoms with E-state index >= 15 is 0 Å². The van der Waals surface area contributed by atoms with Crippen molar-refractivity contribution in [1.29, 1.82) is 0 Å². The van der Waals surface area contributed by atoms with Crippen molar-refractivity contribution in [3.8, 4) is 0 Å². The van der Waals surface area contributed by atoms with Crippen LogP contribution in [0.1, 0.15) is 54.2 Å². The minimum atomic E-state index is -0.359. The summed E-state index contributed by atoms with van der Waals surface area (Å²) in [6, 6.07) is 10.2. The molecule has 0 N–H and O–H groups in total. The summed E-state index contributed by atoms with van der Waals surface area (Å²) in [6.45, 7) is 0. The molecule has 1 saturated carbocycles. The molecule has 0 bridgehead atoms. The Bertz CT molecular complexity index is 920. The fraction of sp³-hybridized carbons (Fsp3) is 0.400. The first-order chi connectivity index (χ1) is 11.7. The van der Waals surface area contributed by atoms with E-state index < -0.39 is 0 Å². The summed E-state index contributed by atoms with van der Waals surface area (Å²) in [4.78, 5) is 16.9. The number of methoxy groups -OCH3 is 1. The van der Waals surface area contributed by atoms with Gasteiger partial charge in [0.1, 0.15) is 5.69 Å². The molecule has 0 saturated heterocycles. The number of ether oxygens (including phenoxy) is 1. The second-order valence-electron chi connectivity index (χ2n) is 6.69. The first-order valence-corrected chi connectivity index (χ1v) is 8.67. The number of benzene rings is 1. The predicted molar refractivity (Wildman–Crippen MR) is 95.4 cm³/mol. The quantitative estimate of drug-likeness (QED) is 0.650. The molecule has 1 aliphatic rings. The van der Waals surface area contributed by atoms with Crippen molar-refractivity contribution >= 4 is 27.8 Å². The Morgan fingerprint density at radius 2 is 1.92 bits per heavy atom. The Hall–Kier alpha value is -2.36. The number of carbonyl (C=O) groups is 1. The SMILES string of the molecule is COC(=O)c1cc2c3ccccc3n(C)c2c(C2CCCCC2)n1. The highest BCUT2D eigenvalue weighted by Crippen LogP contribution is 2.38. The summed E-state index contributed by atoms with van der Waals surface area (Å²) >= 11 is 0. The lowest BCUT2D eigenvalue weighted by molar-refractivity contribution is 0.0594. The van der Waals surface area contributed by atoms with E-state index in [0.717, 1.165) is 29.4 Å². The maximum atomic E-state index is 12.1. The summed E-state index contributed by atoms with van der Waals surface area (Å²) in [6.07, 6.45) is 6.06. The Kier molecular flexibility index (Phi) is 3.75. The molecule has 4 heteroatoms. The van der Waals surface area contributed by atoms with Crippen LogP contribution in [0.25, 0.3) is 21.8 Å². The predicted octanol–water partition coefficient (Wildman–Crippen LogP) is 4.56. The molecule has 2 aromatic heterocycles. The van der Waals surface area contributed by atoms with Gasteiger partial charge in [0.2, 0.25) is 0 Å². The van der Waals surface area contributed by atoms with Crippen LogP contribution in [0.15, 0.2) is 30.3 Å². The fourth-order valence-electron chi connectivity index (χ4n) is 4.10. The molecule has 4 rings (SSSR count). The highest BCUT2D eigenvalue weighted by molar-refractivity contribution is 6.10. The topological polar surface area (TPSA) is 44.1 Å². The number of fused-ring (bicyclic) bond motifs is 3. The normalized spacial score (nSPS) is 15.9. The van der Waals surface area contributed by atoms with E-state index in [1.54, 1.807) is 0 Å². The van der Waals surface area contributed by atoms with E-state index in [0.29, 0.717) is 11.6 Å². The van der Waals surface area contributed by atoms with Crippen LogP contribution in [0, 0.1) is 0 Å². The zero-order valence-electron chi connectivity index (χ0n) is 14.2. The van der Waals surface area contributed by atoms with Crippen molar-refractivity contribution in [1.82, 2.24) is 9.55 Å². The average molecular weight is 322 g/mol. The Balaban J connectivity index is 2.05. The second-order valence-corrected chi connectivity index (χ2v) is 6.69. The average Bonchev–Trinajstić information content (AvgIpc) is 2.94. The van der Waals surface area contributed by atoms with Gasteiger partial charge in [-0.3, -0.25) is 0 Å². The van der Waals surface area contributed by atoms with E-state index in [1.807, 2.05) is 12.1 Å². The van der Waals surface area contributed by atoms with Crippen LogP contribution in [0.2, 0.25) is 0 Å². The number of aryl methyl sites for hydroxylation is 1. The molecular formula is C20H22N2O2. The van der Waals surface area contributed by atoms with E-state index in [2.05, 4.69) is 29.8 Å². The molecule has 24 heavy (non-hydrogen) atoms. The van der Waals surface area contributed by atoms with Crippen LogP contribution in [0.3, 0.4) is 0 Å². The van der Waals surface area contributed by atoms with Crippen molar-refractivity contribution in [2.75, 3.05) is 7.11 Å². The number of nitrogens with zero attached hydrogens (tertiary/aromatic N) is 2. The van der Waals surface area contributed by atoms with Crippen molar-refractivity contribution in [2.24, 2.45) is 7.05 Å². The Morgan fingerprint density at radius 1 is 1.17 bits per heavy atom. The number of pyridine rings is 1. The van der Waals surface area contributed by atoms with Gasteiger partial charge in [-0.2, -0.15) is 0 Å². The number of esters is 1. The monoisotopic (exact) mass is 322 g/mol. The third-order valence-corrected chi connectivity index (χ3v) is 5.30. The lowest BCUT2D eigenvalue weighted by atomic mass is 9.86. The maximum Gasteiger partial charge on any atom is 0.356 e. The minimum Gasteiger partial charge on any atom is -0.464 e. The van der Waals surface area contributed by atoms with Gasteiger partial charge in [-0.1, -0.05) is 37.5 Å². The van der Waals surface area contributed by atoms with E-state index in [-0.39, 0.29) is 5.97 Å². The summed E-state index contributed by atoms with van der Waals surface area (Å²) in [7, 11) is 3.51. The number of rotatable bonds is 2. The maximum absolute atomic E-state index is 12.1. The standard InChI is InChI=1S/C20H22N2O2/c1-22-17-11-7-6-10-14(17)15-12-16(20(23)24-2)21-18(19(15)22)13-8-4-3-5-9-13/h6-7,10-13H,3-5,8-9H2,1-2H3. The van der Waals surface area contributed by atoms with Gasteiger partial charge in [-0.15, -0.1) is 0 Å². The van der Waals surface area contributed by atoms with Gasteiger partial charge in [0.25, 0.3) is 0 Å². The lowest BCUT2D eigenvalue weighted by Crippen LogP contribution is -2.12. The smallest absolute Gasteiger partial charge is 0.356 e. The molecule has 0 aliphatic heterocycles. The van der Waals surface area contributed by atoms with E-state index in [1.165, 1.54) is 37.3 Å². The first kappa shape index (κ1) is 15.2. The van der Waals surface area contributed by atoms with Gasteiger partial charge in [-0.05, 0) is 25.0 Å². The van der Waals surface area contributed by atoms with Crippen LogP contribution in [-0.4, -0.2) is 22.6 Å². The Morgan fingerprint density at radius 3 is 2.67 bits per heavy atom. The van der Waals surface area contributed by atoms with Gasteiger partial charge in [-0.25, -0.2) is 9.78 Å². The summed E-state index contributed by atoms with van der Waals surface area (Å²) in [5.74, 6) is 0.0655. The summed E-state index contributed by atoms with van der Waals surface area (Å²) in [5.41, 5.74) is 3.82. The number of hydrogen-bond donors (Lipinski definition) is 0. The van der Waals surface area contributed by atoms with Gasteiger partial charge >= 0.3 is 5.97 Å². The molecule has 1 aromatic carbocycles. The lowest BCUT2D eigenvalue weighted by Gasteiger charge is -2.22. The third kappa shape index (κ3) is 2.29. The van der Waals surface area contributed by atoms with Crippen LogP contribution in [0.5, 0.6) is 0 Å². The van der Waals surface area contributed by atoms with Gasteiger partial charge in [0.15, 0.2) is 0 Å².